The van der Waals surface area contributed by atoms with Crippen LogP contribution >= 0.6 is 11.6 Å². The zero-order valence-electron chi connectivity index (χ0n) is 14.3. The minimum Gasteiger partial charge on any atom is -0.370 e. The molecule has 3 aromatic rings. The predicted octanol–water partition coefficient (Wildman–Crippen LogP) is 3.41. The van der Waals surface area contributed by atoms with Gasteiger partial charge >= 0.3 is 0 Å². The maximum atomic E-state index is 12.3. The fraction of sp³-hybridized carbons (Fsp3) is 0.316. The van der Waals surface area contributed by atoms with Gasteiger partial charge in [0, 0.05) is 30.9 Å². The van der Waals surface area contributed by atoms with Crippen molar-refractivity contribution >= 4 is 34.2 Å². The standard InChI is InChI=1S/C19H20ClN5O/c20-17-7-15-13(9-22-16(15)11-23-17)5-6-21-19(26)14-3-4-18(25-10-14)24-8-12-1-2-12/h3-4,7,9-12,22H,1-2,5-6,8H2,(H,21,26)(H,24,25). The normalized spacial score (nSPS) is 13.7. The first-order valence-electron chi connectivity index (χ1n) is 8.78. The first-order valence-corrected chi connectivity index (χ1v) is 9.16. The van der Waals surface area contributed by atoms with E-state index >= 15 is 0 Å². The molecular weight excluding hydrogens is 350 g/mol. The first-order chi connectivity index (χ1) is 12.7. The number of anilines is 1. The molecule has 3 N–H and O–H groups in total. The van der Waals surface area contributed by atoms with E-state index in [-0.39, 0.29) is 5.91 Å². The highest BCUT2D eigenvalue weighted by atomic mass is 35.5. The van der Waals surface area contributed by atoms with Crippen LogP contribution < -0.4 is 10.6 Å². The summed E-state index contributed by atoms with van der Waals surface area (Å²) >= 11 is 5.96. The van der Waals surface area contributed by atoms with Crippen LogP contribution in [0.1, 0.15) is 28.8 Å². The molecule has 1 saturated carbocycles. The summed E-state index contributed by atoms with van der Waals surface area (Å²) in [6, 6.07) is 5.49. The summed E-state index contributed by atoms with van der Waals surface area (Å²) < 4.78 is 0. The van der Waals surface area contributed by atoms with Crippen molar-refractivity contribution in [2.45, 2.75) is 19.3 Å². The number of fused-ring (bicyclic) bond motifs is 1. The molecule has 0 aliphatic heterocycles. The summed E-state index contributed by atoms with van der Waals surface area (Å²) in [5, 5.41) is 7.72. The molecule has 4 rings (SSSR count). The Bertz CT molecular complexity index is 917. The Morgan fingerprint density at radius 2 is 2.15 bits per heavy atom. The molecular formula is C19H20ClN5O. The molecule has 3 aromatic heterocycles. The van der Waals surface area contributed by atoms with Gasteiger partial charge in [-0.1, -0.05) is 11.6 Å². The second kappa shape index (κ2) is 7.33. The van der Waals surface area contributed by atoms with Crippen molar-refractivity contribution in [3.05, 3.63) is 53.1 Å². The lowest BCUT2D eigenvalue weighted by Gasteiger charge is -2.07. The van der Waals surface area contributed by atoms with Crippen molar-refractivity contribution in [2.24, 2.45) is 5.92 Å². The lowest BCUT2D eigenvalue weighted by atomic mass is 10.1. The van der Waals surface area contributed by atoms with Gasteiger partial charge in [0.05, 0.1) is 17.3 Å². The molecule has 0 saturated heterocycles. The van der Waals surface area contributed by atoms with Crippen LogP contribution in [-0.2, 0) is 6.42 Å². The van der Waals surface area contributed by atoms with Gasteiger partial charge in [-0.15, -0.1) is 0 Å². The Morgan fingerprint density at radius 3 is 2.92 bits per heavy atom. The average Bonchev–Trinajstić information content (AvgIpc) is 3.41. The number of rotatable bonds is 7. The molecule has 1 aliphatic carbocycles. The number of hydrogen-bond donors (Lipinski definition) is 3. The van der Waals surface area contributed by atoms with Crippen molar-refractivity contribution in [3.8, 4) is 0 Å². The number of pyridine rings is 2. The van der Waals surface area contributed by atoms with Crippen LogP contribution in [0.3, 0.4) is 0 Å². The smallest absolute Gasteiger partial charge is 0.252 e. The van der Waals surface area contributed by atoms with Crippen LogP contribution in [0.2, 0.25) is 5.15 Å². The molecule has 26 heavy (non-hydrogen) atoms. The molecule has 134 valence electrons. The molecule has 3 heterocycles. The van der Waals surface area contributed by atoms with E-state index in [2.05, 4.69) is 25.6 Å². The second-order valence-electron chi connectivity index (χ2n) is 6.63. The van der Waals surface area contributed by atoms with Crippen LogP contribution in [0.4, 0.5) is 5.82 Å². The Labute approximate surface area is 156 Å². The number of nitrogens with one attached hydrogen (secondary N) is 3. The number of carbonyl (C=O) groups excluding carboxylic acids is 1. The number of carbonyl (C=O) groups is 1. The topological polar surface area (TPSA) is 82.7 Å². The average molecular weight is 370 g/mol. The van der Waals surface area contributed by atoms with E-state index in [9.17, 15) is 4.79 Å². The summed E-state index contributed by atoms with van der Waals surface area (Å²) in [6.07, 6.45) is 8.56. The van der Waals surface area contributed by atoms with Crippen LogP contribution in [-0.4, -0.2) is 33.9 Å². The Kier molecular flexibility index (Phi) is 4.75. The predicted molar refractivity (Wildman–Crippen MR) is 103 cm³/mol. The van der Waals surface area contributed by atoms with E-state index < -0.39 is 0 Å². The number of nitrogens with zero attached hydrogens (tertiary/aromatic N) is 2. The summed E-state index contributed by atoms with van der Waals surface area (Å²) in [7, 11) is 0. The van der Waals surface area contributed by atoms with Crippen molar-refractivity contribution in [1.29, 1.82) is 0 Å². The lowest BCUT2D eigenvalue weighted by Crippen LogP contribution is -2.25. The number of aromatic nitrogens is 3. The number of halogens is 1. The van der Waals surface area contributed by atoms with Gasteiger partial charge in [0.15, 0.2) is 0 Å². The fourth-order valence-electron chi connectivity index (χ4n) is 2.88. The number of amides is 1. The molecule has 0 unspecified atom stereocenters. The number of hydrogen-bond acceptors (Lipinski definition) is 4. The summed E-state index contributed by atoms with van der Waals surface area (Å²) in [5.74, 6) is 1.48. The van der Waals surface area contributed by atoms with E-state index in [1.54, 1.807) is 18.5 Å². The third kappa shape index (κ3) is 3.96. The van der Waals surface area contributed by atoms with Crippen molar-refractivity contribution < 1.29 is 4.79 Å². The van der Waals surface area contributed by atoms with Crippen molar-refractivity contribution in [1.82, 2.24) is 20.3 Å². The summed E-state index contributed by atoms with van der Waals surface area (Å²) in [5.41, 5.74) is 2.60. The highest BCUT2D eigenvalue weighted by Gasteiger charge is 2.20. The molecule has 0 radical (unpaired) electrons. The first kappa shape index (κ1) is 16.8. The zero-order valence-corrected chi connectivity index (χ0v) is 15.0. The van der Waals surface area contributed by atoms with E-state index in [1.165, 1.54) is 12.8 Å². The SMILES string of the molecule is O=C(NCCc1c[nH]c2cnc(Cl)cc12)c1ccc(NCC2CC2)nc1. The van der Waals surface area contributed by atoms with Crippen molar-refractivity contribution in [2.75, 3.05) is 18.4 Å². The second-order valence-corrected chi connectivity index (χ2v) is 7.02. The van der Waals surface area contributed by atoms with Gasteiger partial charge in [0.1, 0.15) is 11.0 Å². The van der Waals surface area contributed by atoms with Gasteiger partial charge in [0.25, 0.3) is 5.91 Å². The molecule has 1 aliphatic rings. The summed E-state index contributed by atoms with van der Waals surface area (Å²) in [4.78, 5) is 23.8. The fourth-order valence-corrected chi connectivity index (χ4v) is 3.03. The zero-order chi connectivity index (χ0) is 17.9. The van der Waals surface area contributed by atoms with Gasteiger partial charge in [-0.3, -0.25) is 4.79 Å². The number of H-pyrrole nitrogens is 1. The van der Waals surface area contributed by atoms with E-state index in [0.717, 1.165) is 34.7 Å². The summed E-state index contributed by atoms with van der Waals surface area (Å²) in [6.45, 7) is 1.50. The van der Waals surface area contributed by atoms with E-state index in [4.69, 9.17) is 11.6 Å². The molecule has 6 nitrogen and oxygen atoms in total. The largest absolute Gasteiger partial charge is 0.370 e. The minimum absolute atomic E-state index is 0.120. The Balaban J connectivity index is 1.30. The quantitative estimate of drug-likeness (QED) is 0.557. The number of aromatic amines is 1. The molecule has 1 fully saturated rings. The van der Waals surface area contributed by atoms with Crippen LogP contribution in [0.15, 0.2) is 36.8 Å². The lowest BCUT2D eigenvalue weighted by molar-refractivity contribution is 0.0954. The highest BCUT2D eigenvalue weighted by Crippen LogP contribution is 2.28. The molecule has 0 spiro atoms. The van der Waals surface area contributed by atoms with Gasteiger partial charge in [-0.2, -0.15) is 0 Å². The van der Waals surface area contributed by atoms with Gasteiger partial charge < -0.3 is 15.6 Å². The molecule has 0 bridgehead atoms. The molecule has 0 aromatic carbocycles. The van der Waals surface area contributed by atoms with Crippen molar-refractivity contribution in [3.63, 3.8) is 0 Å². The van der Waals surface area contributed by atoms with Gasteiger partial charge in [-0.05, 0) is 48.9 Å². The van der Waals surface area contributed by atoms with Gasteiger partial charge in [0.2, 0.25) is 0 Å². The van der Waals surface area contributed by atoms with Gasteiger partial charge in [-0.25, -0.2) is 9.97 Å². The van der Waals surface area contributed by atoms with Crippen LogP contribution in [0.25, 0.3) is 10.9 Å². The monoisotopic (exact) mass is 369 g/mol. The van der Waals surface area contributed by atoms with Crippen LogP contribution in [0, 0.1) is 5.92 Å². The molecule has 7 heteroatoms. The minimum atomic E-state index is -0.120. The molecule has 0 atom stereocenters. The third-order valence-electron chi connectivity index (χ3n) is 4.59. The van der Waals surface area contributed by atoms with E-state index in [0.29, 0.717) is 23.7 Å². The van der Waals surface area contributed by atoms with E-state index in [1.807, 2.05) is 18.3 Å². The third-order valence-corrected chi connectivity index (χ3v) is 4.80. The Hall–Kier alpha value is -2.60. The Morgan fingerprint density at radius 1 is 1.27 bits per heavy atom. The highest BCUT2D eigenvalue weighted by molar-refractivity contribution is 6.30. The molecule has 1 amide bonds. The maximum absolute atomic E-state index is 12.3. The van der Waals surface area contributed by atoms with Crippen LogP contribution in [0.5, 0.6) is 0 Å². The maximum Gasteiger partial charge on any atom is 0.252 e.